The molecule has 2 amide bonds. The first kappa shape index (κ1) is 21.6. The van der Waals surface area contributed by atoms with Crippen molar-refractivity contribution in [2.24, 2.45) is 11.8 Å². The van der Waals surface area contributed by atoms with Crippen molar-refractivity contribution >= 4 is 41.1 Å². The molecule has 3 rings (SSSR count). The largest absolute Gasteiger partial charge is 0.481 e. The van der Waals surface area contributed by atoms with Crippen LogP contribution in [0, 0.1) is 18.8 Å². The number of aryl methyl sites for hydroxylation is 1. The van der Waals surface area contributed by atoms with Crippen LogP contribution in [0.4, 0.5) is 11.5 Å². The van der Waals surface area contributed by atoms with Crippen molar-refractivity contribution in [3.05, 3.63) is 48.2 Å². The molecule has 1 aromatic carbocycles. The van der Waals surface area contributed by atoms with Crippen molar-refractivity contribution in [1.29, 1.82) is 0 Å². The fourth-order valence-corrected chi connectivity index (χ4v) is 4.10. The first-order valence-corrected chi connectivity index (χ1v) is 10.4. The molecule has 3 N–H and O–H groups in total. The number of benzene rings is 1. The van der Waals surface area contributed by atoms with Crippen LogP contribution in [0.15, 0.2) is 51.9 Å². The number of aromatic nitrogens is 1. The lowest BCUT2D eigenvalue weighted by atomic mass is 9.82. The lowest BCUT2D eigenvalue weighted by molar-refractivity contribution is -0.146. The Kier molecular flexibility index (Phi) is 6.94. The lowest BCUT2D eigenvalue weighted by Gasteiger charge is -2.24. The van der Waals surface area contributed by atoms with Gasteiger partial charge in [0.1, 0.15) is 5.76 Å². The van der Waals surface area contributed by atoms with Crippen molar-refractivity contribution in [3.8, 4) is 0 Å². The monoisotopic (exact) mass is 429 g/mol. The van der Waals surface area contributed by atoms with Gasteiger partial charge in [-0.3, -0.25) is 14.4 Å². The van der Waals surface area contributed by atoms with Crippen LogP contribution in [0.2, 0.25) is 0 Å². The third kappa shape index (κ3) is 5.50. The van der Waals surface area contributed by atoms with E-state index in [0.717, 1.165) is 4.90 Å². The molecule has 0 radical (unpaired) electrons. The fraction of sp³-hybridized carbons (Fsp3) is 0.333. The number of hydrogen-bond donors (Lipinski definition) is 3. The third-order valence-electron chi connectivity index (χ3n) is 4.75. The number of amides is 2. The maximum Gasteiger partial charge on any atom is 0.307 e. The Balaban J connectivity index is 1.61. The second-order valence-corrected chi connectivity index (χ2v) is 8.50. The predicted molar refractivity (Wildman–Crippen MR) is 113 cm³/mol. The summed E-state index contributed by atoms with van der Waals surface area (Å²) in [4.78, 5) is 37.2. The van der Waals surface area contributed by atoms with Crippen LogP contribution in [0.3, 0.4) is 0 Å². The van der Waals surface area contributed by atoms with Gasteiger partial charge >= 0.3 is 5.97 Å². The number of carbonyl (C=O) groups excluding carboxylic acids is 2. The summed E-state index contributed by atoms with van der Waals surface area (Å²) in [7, 11) is 0. The fourth-order valence-electron chi connectivity index (χ4n) is 3.17. The molecule has 1 aliphatic rings. The molecule has 3 atom stereocenters. The van der Waals surface area contributed by atoms with E-state index < -0.39 is 23.1 Å². The number of thioether (sulfide) groups is 1. The smallest absolute Gasteiger partial charge is 0.307 e. The standard InChI is InChI=1S/C21H23N3O5S/c1-12-10-18(24-29-12)23-19(25)13(2)30-15-7-5-6-14(11-15)22-20(26)16-8-3-4-9-17(16)21(27)28/h3-7,10-11,13,16-17H,8-9H2,1-2H3,(H,22,26)(H,27,28)(H,23,24,25). The number of hydrogen-bond acceptors (Lipinski definition) is 6. The SMILES string of the molecule is Cc1cc(NC(=O)C(C)Sc2cccc(NC(=O)C3CC=CCC3C(=O)O)c2)no1. The van der Waals surface area contributed by atoms with Gasteiger partial charge in [-0.1, -0.05) is 23.4 Å². The minimum atomic E-state index is -0.967. The molecule has 0 bridgehead atoms. The predicted octanol–water partition coefficient (Wildman–Crippen LogP) is 3.71. The van der Waals surface area contributed by atoms with E-state index in [4.69, 9.17) is 4.52 Å². The molecule has 1 heterocycles. The zero-order valence-electron chi connectivity index (χ0n) is 16.6. The van der Waals surface area contributed by atoms with E-state index in [2.05, 4.69) is 15.8 Å². The highest BCUT2D eigenvalue weighted by atomic mass is 32.2. The molecule has 158 valence electrons. The van der Waals surface area contributed by atoms with Gasteiger partial charge in [0.05, 0.1) is 17.1 Å². The highest BCUT2D eigenvalue weighted by Gasteiger charge is 2.34. The van der Waals surface area contributed by atoms with E-state index in [1.807, 2.05) is 12.1 Å². The van der Waals surface area contributed by atoms with Gasteiger partial charge < -0.3 is 20.3 Å². The highest BCUT2D eigenvalue weighted by Crippen LogP contribution is 2.29. The van der Waals surface area contributed by atoms with Gasteiger partial charge in [-0.05, 0) is 44.9 Å². The van der Waals surface area contributed by atoms with Crippen LogP contribution < -0.4 is 10.6 Å². The van der Waals surface area contributed by atoms with E-state index >= 15 is 0 Å². The van der Waals surface area contributed by atoms with Crippen LogP contribution in [0.25, 0.3) is 0 Å². The number of carboxylic acid groups (broad SMARTS) is 1. The summed E-state index contributed by atoms with van der Waals surface area (Å²) in [6.07, 6.45) is 4.39. The molecule has 0 saturated heterocycles. The molecule has 9 heteroatoms. The lowest BCUT2D eigenvalue weighted by Crippen LogP contribution is -2.34. The number of allylic oxidation sites excluding steroid dienone is 2. The molecule has 30 heavy (non-hydrogen) atoms. The molecule has 0 spiro atoms. The van der Waals surface area contributed by atoms with Gasteiger partial charge in [0.2, 0.25) is 11.8 Å². The van der Waals surface area contributed by atoms with Gasteiger partial charge in [0.15, 0.2) is 5.82 Å². The van der Waals surface area contributed by atoms with Gasteiger partial charge in [0.25, 0.3) is 0 Å². The Labute approximate surface area is 178 Å². The van der Waals surface area contributed by atoms with Crippen LogP contribution in [-0.2, 0) is 14.4 Å². The van der Waals surface area contributed by atoms with Crippen molar-refractivity contribution in [2.45, 2.75) is 36.8 Å². The normalized spacial score (nSPS) is 19.1. The molecule has 0 fully saturated rings. The molecule has 0 saturated carbocycles. The Hall–Kier alpha value is -3.07. The summed E-state index contributed by atoms with van der Waals surface area (Å²) in [5.41, 5.74) is 0.559. The average molecular weight is 429 g/mol. The van der Waals surface area contributed by atoms with E-state index in [9.17, 15) is 19.5 Å². The first-order valence-electron chi connectivity index (χ1n) is 9.53. The van der Waals surface area contributed by atoms with E-state index in [0.29, 0.717) is 30.1 Å². The third-order valence-corrected chi connectivity index (χ3v) is 5.84. The minimum absolute atomic E-state index is 0.221. The van der Waals surface area contributed by atoms with Crippen LogP contribution in [-0.4, -0.2) is 33.3 Å². The number of anilines is 2. The molecular weight excluding hydrogens is 406 g/mol. The van der Waals surface area contributed by atoms with E-state index in [1.165, 1.54) is 11.8 Å². The van der Waals surface area contributed by atoms with E-state index in [-0.39, 0.29) is 11.8 Å². The van der Waals surface area contributed by atoms with Crippen molar-refractivity contribution in [1.82, 2.24) is 5.16 Å². The quantitative estimate of drug-likeness (QED) is 0.453. The molecular formula is C21H23N3O5S. The van der Waals surface area contributed by atoms with Gasteiger partial charge in [-0.15, -0.1) is 11.8 Å². The summed E-state index contributed by atoms with van der Waals surface area (Å²) in [6.45, 7) is 3.51. The topological polar surface area (TPSA) is 122 Å². The van der Waals surface area contributed by atoms with Crippen molar-refractivity contribution in [2.75, 3.05) is 10.6 Å². The second kappa shape index (κ2) is 9.62. The summed E-state index contributed by atoms with van der Waals surface area (Å²) in [5, 5.41) is 18.2. The molecule has 2 aromatic rings. The zero-order valence-corrected chi connectivity index (χ0v) is 17.4. The maximum atomic E-state index is 12.6. The van der Waals surface area contributed by atoms with Crippen molar-refractivity contribution < 1.29 is 24.0 Å². The Bertz CT molecular complexity index is 971. The van der Waals surface area contributed by atoms with Gasteiger partial charge in [-0.25, -0.2) is 0 Å². The number of carboxylic acids is 1. The van der Waals surface area contributed by atoms with Crippen molar-refractivity contribution in [3.63, 3.8) is 0 Å². The first-order chi connectivity index (χ1) is 14.3. The Morgan fingerprint density at radius 1 is 1.17 bits per heavy atom. The minimum Gasteiger partial charge on any atom is -0.481 e. The molecule has 1 aromatic heterocycles. The summed E-state index contributed by atoms with van der Waals surface area (Å²) >= 11 is 1.33. The number of aliphatic carboxylic acids is 1. The molecule has 1 aliphatic carbocycles. The van der Waals surface area contributed by atoms with Crippen LogP contribution >= 0.6 is 11.8 Å². The summed E-state index contributed by atoms with van der Waals surface area (Å²) < 4.78 is 4.94. The summed E-state index contributed by atoms with van der Waals surface area (Å²) in [5.74, 6) is -1.88. The second-order valence-electron chi connectivity index (χ2n) is 7.08. The van der Waals surface area contributed by atoms with Crippen LogP contribution in [0.1, 0.15) is 25.5 Å². The summed E-state index contributed by atoms with van der Waals surface area (Å²) in [6, 6.07) is 8.75. The molecule has 3 unspecified atom stereocenters. The maximum absolute atomic E-state index is 12.6. The molecule has 8 nitrogen and oxygen atoms in total. The Morgan fingerprint density at radius 2 is 1.90 bits per heavy atom. The van der Waals surface area contributed by atoms with Gasteiger partial charge in [0, 0.05) is 16.6 Å². The Morgan fingerprint density at radius 3 is 2.57 bits per heavy atom. The average Bonchev–Trinajstić information content (AvgIpc) is 3.12. The highest BCUT2D eigenvalue weighted by molar-refractivity contribution is 8.00. The number of carbonyl (C=O) groups is 3. The van der Waals surface area contributed by atoms with E-state index in [1.54, 1.807) is 44.2 Å². The number of nitrogens with one attached hydrogen (secondary N) is 2. The molecule has 0 aliphatic heterocycles. The number of rotatable bonds is 7. The number of nitrogens with zero attached hydrogens (tertiary/aromatic N) is 1. The van der Waals surface area contributed by atoms with Gasteiger partial charge in [-0.2, -0.15) is 0 Å². The van der Waals surface area contributed by atoms with Crippen LogP contribution in [0.5, 0.6) is 0 Å². The zero-order chi connectivity index (χ0) is 21.7.